The molecule has 2 aromatic heterocycles. The molecule has 1 aliphatic carbocycles. The monoisotopic (exact) mass is 591 g/mol. The lowest BCUT2D eigenvalue weighted by Gasteiger charge is -2.22. The van der Waals surface area contributed by atoms with Crippen LogP contribution in [0.5, 0.6) is 0 Å². The van der Waals surface area contributed by atoms with Crippen LogP contribution in [0.4, 0.5) is 0 Å². The van der Waals surface area contributed by atoms with Crippen molar-refractivity contribution in [3.63, 3.8) is 0 Å². The minimum atomic E-state index is -0.226. The van der Waals surface area contributed by atoms with Gasteiger partial charge in [0.15, 0.2) is 17.5 Å². The molecule has 46 heavy (non-hydrogen) atoms. The van der Waals surface area contributed by atoms with Crippen molar-refractivity contribution in [3.8, 4) is 56.4 Å². The third-order valence-corrected chi connectivity index (χ3v) is 9.33. The van der Waals surface area contributed by atoms with Gasteiger partial charge in [0.05, 0.1) is 0 Å². The van der Waals surface area contributed by atoms with Crippen LogP contribution in [0.15, 0.2) is 144 Å². The van der Waals surface area contributed by atoms with E-state index in [1.165, 1.54) is 22.3 Å². The number of hydrogen-bond donors (Lipinski definition) is 0. The number of rotatable bonds is 4. The second-order valence-electron chi connectivity index (χ2n) is 12.5. The summed E-state index contributed by atoms with van der Waals surface area (Å²) >= 11 is 0. The highest BCUT2D eigenvalue weighted by molar-refractivity contribution is 6.07. The van der Waals surface area contributed by atoms with E-state index in [9.17, 15) is 0 Å². The average Bonchev–Trinajstić information content (AvgIpc) is 3.59. The van der Waals surface area contributed by atoms with Gasteiger partial charge < -0.3 is 4.42 Å². The second-order valence-corrected chi connectivity index (χ2v) is 12.5. The molecule has 0 atom stereocenters. The Morgan fingerprint density at radius 1 is 0.413 bits per heavy atom. The van der Waals surface area contributed by atoms with Gasteiger partial charge in [0.2, 0.25) is 0 Å². The SMILES string of the molecule is CC1(C)c2cc(-c3nc(-c4ccccc4)nc(-c4cccc(-c5ccccc5)c4)n3)ccc2-c2cc3c(cc21)oc1ccccc13. The highest BCUT2D eigenvalue weighted by Crippen LogP contribution is 2.51. The van der Waals surface area contributed by atoms with Crippen molar-refractivity contribution in [2.75, 3.05) is 0 Å². The summed E-state index contributed by atoms with van der Waals surface area (Å²) in [6.45, 7) is 4.58. The zero-order chi connectivity index (χ0) is 30.8. The number of benzene rings is 6. The molecule has 0 saturated carbocycles. The highest BCUT2D eigenvalue weighted by Gasteiger charge is 2.36. The number of aromatic nitrogens is 3. The van der Waals surface area contributed by atoms with E-state index in [4.69, 9.17) is 19.4 Å². The molecule has 0 spiro atoms. The van der Waals surface area contributed by atoms with Crippen LogP contribution in [0.2, 0.25) is 0 Å². The maximum Gasteiger partial charge on any atom is 0.164 e. The van der Waals surface area contributed by atoms with Gasteiger partial charge >= 0.3 is 0 Å². The minimum absolute atomic E-state index is 0.226. The largest absolute Gasteiger partial charge is 0.456 e. The molecule has 0 unspecified atom stereocenters. The Morgan fingerprint density at radius 2 is 1.00 bits per heavy atom. The number of nitrogens with zero attached hydrogens (tertiary/aromatic N) is 3. The predicted octanol–water partition coefficient (Wildman–Crippen LogP) is 10.7. The van der Waals surface area contributed by atoms with Crippen molar-refractivity contribution in [1.29, 1.82) is 0 Å². The fourth-order valence-electron chi connectivity index (χ4n) is 6.91. The molecule has 4 heteroatoms. The van der Waals surface area contributed by atoms with E-state index < -0.39 is 0 Å². The Labute approximate surface area is 267 Å². The molecule has 0 saturated heterocycles. The van der Waals surface area contributed by atoms with E-state index in [0.717, 1.165) is 49.8 Å². The van der Waals surface area contributed by atoms with E-state index in [-0.39, 0.29) is 5.41 Å². The first kappa shape index (κ1) is 26.5. The van der Waals surface area contributed by atoms with Gasteiger partial charge in [0.1, 0.15) is 11.2 Å². The number of hydrogen-bond acceptors (Lipinski definition) is 4. The van der Waals surface area contributed by atoms with Gasteiger partial charge in [-0.1, -0.05) is 123 Å². The highest BCUT2D eigenvalue weighted by atomic mass is 16.3. The first-order valence-electron chi connectivity index (χ1n) is 15.6. The fraction of sp³-hybridized carbons (Fsp3) is 0.0714. The van der Waals surface area contributed by atoms with Gasteiger partial charge in [-0.05, 0) is 63.7 Å². The molecule has 2 heterocycles. The first-order chi connectivity index (χ1) is 22.5. The minimum Gasteiger partial charge on any atom is -0.456 e. The Hall–Kier alpha value is -5.87. The zero-order valence-corrected chi connectivity index (χ0v) is 25.5. The smallest absolute Gasteiger partial charge is 0.164 e. The van der Waals surface area contributed by atoms with Gasteiger partial charge in [-0.15, -0.1) is 0 Å². The molecule has 218 valence electrons. The molecule has 4 nitrogen and oxygen atoms in total. The van der Waals surface area contributed by atoms with Crippen molar-refractivity contribution < 1.29 is 4.42 Å². The number of fused-ring (bicyclic) bond motifs is 6. The van der Waals surface area contributed by atoms with Crippen LogP contribution in [-0.4, -0.2) is 15.0 Å². The summed E-state index contributed by atoms with van der Waals surface area (Å²) in [7, 11) is 0. The van der Waals surface area contributed by atoms with Crippen LogP contribution < -0.4 is 0 Å². The quantitative estimate of drug-likeness (QED) is 0.204. The molecule has 0 fully saturated rings. The van der Waals surface area contributed by atoms with Crippen molar-refractivity contribution in [1.82, 2.24) is 15.0 Å². The van der Waals surface area contributed by atoms with Crippen molar-refractivity contribution in [3.05, 3.63) is 151 Å². The Kier molecular flexibility index (Phi) is 5.81. The maximum absolute atomic E-state index is 6.28. The molecule has 9 rings (SSSR count). The van der Waals surface area contributed by atoms with Crippen molar-refractivity contribution in [2.45, 2.75) is 19.3 Å². The van der Waals surface area contributed by atoms with Crippen molar-refractivity contribution >= 4 is 21.9 Å². The normalized spacial score (nSPS) is 13.2. The molecule has 6 aromatic carbocycles. The summed E-state index contributed by atoms with van der Waals surface area (Å²) in [5, 5.41) is 2.29. The van der Waals surface area contributed by atoms with Crippen LogP contribution in [0.25, 0.3) is 78.4 Å². The predicted molar refractivity (Wildman–Crippen MR) is 186 cm³/mol. The van der Waals surface area contributed by atoms with Crippen LogP contribution >= 0.6 is 0 Å². The fourth-order valence-corrected chi connectivity index (χ4v) is 6.91. The van der Waals surface area contributed by atoms with E-state index in [0.29, 0.717) is 17.5 Å². The van der Waals surface area contributed by atoms with Gasteiger partial charge in [-0.2, -0.15) is 0 Å². The molecule has 1 aliphatic rings. The third-order valence-electron chi connectivity index (χ3n) is 9.33. The maximum atomic E-state index is 6.28. The Balaban J connectivity index is 1.20. The van der Waals surface area contributed by atoms with E-state index in [1.807, 2.05) is 48.5 Å². The van der Waals surface area contributed by atoms with Crippen LogP contribution in [0.1, 0.15) is 25.0 Å². The number of furan rings is 1. The van der Waals surface area contributed by atoms with E-state index >= 15 is 0 Å². The molecule has 0 N–H and O–H groups in total. The molecule has 0 amide bonds. The van der Waals surface area contributed by atoms with Gasteiger partial charge in [0, 0.05) is 32.9 Å². The van der Waals surface area contributed by atoms with Gasteiger partial charge in [0.25, 0.3) is 0 Å². The Morgan fingerprint density at radius 3 is 1.76 bits per heavy atom. The molecule has 0 aliphatic heterocycles. The van der Waals surface area contributed by atoms with Crippen LogP contribution in [0, 0.1) is 0 Å². The second kappa shape index (κ2) is 10.1. The standard InChI is InChI=1S/C42H29N3O/c1-42(2)35-23-30(20-21-31(35)33-24-34-32-18-9-10-19-37(32)46-38(34)25-36(33)42)41-44-39(27-14-7-4-8-15-27)43-40(45-41)29-17-11-16-28(22-29)26-12-5-3-6-13-26/h3-25H,1-2H3. The van der Waals surface area contributed by atoms with Crippen LogP contribution in [-0.2, 0) is 5.41 Å². The Bertz CT molecular complexity index is 2440. The topological polar surface area (TPSA) is 51.8 Å². The summed E-state index contributed by atoms with van der Waals surface area (Å²) in [5.74, 6) is 1.96. The lowest BCUT2D eigenvalue weighted by Crippen LogP contribution is -2.15. The summed E-state index contributed by atoms with van der Waals surface area (Å²) in [6, 6.07) is 48.4. The summed E-state index contributed by atoms with van der Waals surface area (Å²) in [5.41, 5.74) is 11.8. The summed E-state index contributed by atoms with van der Waals surface area (Å²) in [4.78, 5) is 15.1. The van der Waals surface area contributed by atoms with Crippen LogP contribution in [0.3, 0.4) is 0 Å². The van der Waals surface area contributed by atoms with E-state index in [1.54, 1.807) is 0 Å². The molecular formula is C42H29N3O. The third kappa shape index (κ3) is 4.18. The zero-order valence-electron chi connectivity index (χ0n) is 25.5. The molecular weight excluding hydrogens is 562 g/mol. The molecule has 0 bridgehead atoms. The van der Waals surface area contributed by atoms with Gasteiger partial charge in [-0.25, -0.2) is 15.0 Å². The van der Waals surface area contributed by atoms with E-state index in [2.05, 4.69) is 105 Å². The summed E-state index contributed by atoms with van der Waals surface area (Å²) in [6.07, 6.45) is 0. The average molecular weight is 592 g/mol. The van der Waals surface area contributed by atoms with Gasteiger partial charge in [-0.3, -0.25) is 0 Å². The number of para-hydroxylation sites is 1. The lowest BCUT2D eigenvalue weighted by atomic mass is 9.82. The first-order valence-corrected chi connectivity index (χ1v) is 15.6. The lowest BCUT2D eigenvalue weighted by molar-refractivity contribution is 0.647. The van der Waals surface area contributed by atoms with Crippen molar-refractivity contribution in [2.24, 2.45) is 0 Å². The molecule has 8 aromatic rings. The molecule has 0 radical (unpaired) electrons. The summed E-state index contributed by atoms with van der Waals surface area (Å²) < 4.78 is 6.28.